The molecular formula is C20H27N3O3S. The summed E-state index contributed by atoms with van der Waals surface area (Å²) in [6.07, 6.45) is 1.83. The molecule has 0 unspecified atom stereocenters. The molecule has 0 radical (unpaired) electrons. The summed E-state index contributed by atoms with van der Waals surface area (Å²) in [6, 6.07) is 10.7. The molecule has 0 saturated carbocycles. The van der Waals surface area contributed by atoms with E-state index in [-0.39, 0.29) is 11.3 Å². The smallest absolute Gasteiger partial charge is 0.270 e. The highest BCUT2D eigenvalue weighted by atomic mass is 32.2. The Hall–Kier alpha value is -2.12. The zero-order valence-corrected chi connectivity index (χ0v) is 17.2. The molecule has 1 amide bonds. The molecule has 6 nitrogen and oxygen atoms in total. The number of hydrogen-bond donors (Lipinski definition) is 0. The molecule has 0 bridgehead atoms. The van der Waals surface area contributed by atoms with Gasteiger partial charge in [-0.2, -0.15) is 4.31 Å². The minimum atomic E-state index is -3.55. The fraction of sp³-hybridized carbons (Fsp3) is 0.450. The lowest BCUT2D eigenvalue weighted by atomic mass is 9.87. The average Bonchev–Trinajstić information content (AvgIpc) is 3.06. The second kappa shape index (κ2) is 7.13. The SMILES string of the molecule is Cn1cccc1C(=O)N1CCN(S(=O)(=O)c2ccc(C(C)(C)C)cc2)CC1. The lowest BCUT2D eigenvalue weighted by molar-refractivity contribution is 0.0688. The van der Waals surface area contributed by atoms with Crippen molar-refractivity contribution < 1.29 is 13.2 Å². The molecule has 1 saturated heterocycles. The second-order valence-corrected chi connectivity index (χ2v) is 9.91. The van der Waals surface area contributed by atoms with Crippen LogP contribution in [0.2, 0.25) is 0 Å². The van der Waals surface area contributed by atoms with Crippen LogP contribution in [0, 0.1) is 0 Å². The predicted octanol–water partition coefficient (Wildman–Crippen LogP) is 2.47. The van der Waals surface area contributed by atoms with Crippen molar-refractivity contribution in [3.8, 4) is 0 Å². The first kappa shape index (κ1) is 19.6. The van der Waals surface area contributed by atoms with Crippen LogP contribution >= 0.6 is 0 Å². The van der Waals surface area contributed by atoms with Crippen molar-refractivity contribution >= 4 is 15.9 Å². The van der Waals surface area contributed by atoms with Crippen molar-refractivity contribution in [2.45, 2.75) is 31.1 Å². The molecule has 1 aliphatic heterocycles. The number of carbonyl (C=O) groups excluding carboxylic acids is 1. The van der Waals surface area contributed by atoms with Crippen LogP contribution in [0.1, 0.15) is 36.8 Å². The normalized spacial score (nSPS) is 16.5. The Morgan fingerprint density at radius 3 is 2.04 bits per heavy atom. The van der Waals surface area contributed by atoms with Crippen molar-refractivity contribution in [2.75, 3.05) is 26.2 Å². The highest BCUT2D eigenvalue weighted by Gasteiger charge is 2.31. The first-order valence-corrected chi connectivity index (χ1v) is 10.6. The average molecular weight is 390 g/mol. The minimum absolute atomic E-state index is 0.0226. The molecule has 146 valence electrons. The van der Waals surface area contributed by atoms with Crippen LogP contribution in [0.3, 0.4) is 0 Å². The van der Waals surface area contributed by atoms with Crippen LogP contribution in [0.25, 0.3) is 0 Å². The number of rotatable bonds is 3. The molecule has 0 aliphatic carbocycles. The zero-order valence-electron chi connectivity index (χ0n) is 16.3. The van der Waals surface area contributed by atoms with Crippen LogP contribution in [0.15, 0.2) is 47.5 Å². The Balaban J connectivity index is 1.69. The van der Waals surface area contributed by atoms with Crippen molar-refractivity contribution in [2.24, 2.45) is 7.05 Å². The Labute approximate surface area is 161 Å². The maximum absolute atomic E-state index is 12.9. The Morgan fingerprint density at radius 1 is 0.963 bits per heavy atom. The number of amides is 1. The fourth-order valence-electron chi connectivity index (χ4n) is 3.25. The van der Waals surface area contributed by atoms with Crippen LogP contribution < -0.4 is 0 Å². The highest BCUT2D eigenvalue weighted by Crippen LogP contribution is 2.25. The van der Waals surface area contributed by atoms with E-state index < -0.39 is 10.0 Å². The predicted molar refractivity (Wildman–Crippen MR) is 105 cm³/mol. The number of nitrogens with zero attached hydrogens (tertiary/aromatic N) is 3. The van der Waals surface area contributed by atoms with Gasteiger partial charge in [-0.1, -0.05) is 32.9 Å². The topological polar surface area (TPSA) is 62.6 Å². The van der Waals surface area contributed by atoms with Gasteiger partial charge in [-0.3, -0.25) is 4.79 Å². The lowest BCUT2D eigenvalue weighted by Crippen LogP contribution is -2.50. The van der Waals surface area contributed by atoms with Crippen LogP contribution in [0.4, 0.5) is 0 Å². The van der Waals surface area contributed by atoms with Crippen LogP contribution in [-0.2, 0) is 22.5 Å². The van der Waals surface area contributed by atoms with E-state index in [1.807, 2.05) is 31.4 Å². The third-order valence-corrected chi connectivity index (χ3v) is 6.96. The Kier molecular flexibility index (Phi) is 5.18. The maximum Gasteiger partial charge on any atom is 0.270 e. The van der Waals surface area contributed by atoms with Gasteiger partial charge in [0.2, 0.25) is 10.0 Å². The summed E-state index contributed by atoms with van der Waals surface area (Å²) < 4.78 is 29.1. The van der Waals surface area contributed by atoms with E-state index in [4.69, 9.17) is 0 Å². The van der Waals surface area contributed by atoms with Gasteiger partial charge in [0.15, 0.2) is 0 Å². The number of sulfonamides is 1. The molecule has 1 aliphatic rings. The van der Waals surface area contributed by atoms with Crippen LogP contribution in [-0.4, -0.2) is 54.3 Å². The third-order valence-electron chi connectivity index (χ3n) is 5.05. The molecule has 1 fully saturated rings. The Bertz CT molecular complexity index is 916. The van der Waals surface area contributed by atoms with E-state index in [2.05, 4.69) is 20.8 Å². The molecule has 2 aromatic rings. The molecule has 7 heteroatoms. The largest absolute Gasteiger partial charge is 0.347 e. The summed E-state index contributed by atoms with van der Waals surface area (Å²) in [4.78, 5) is 14.6. The maximum atomic E-state index is 12.9. The molecule has 0 atom stereocenters. The van der Waals surface area contributed by atoms with E-state index in [1.165, 1.54) is 4.31 Å². The molecule has 3 rings (SSSR count). The minimum Gasteiger partial charge on any atom is -0.347 e. The summed E-state index contributed by atoms with van der Waals surface area (Å²) in [7, 11) is -1.72. The van der Waals surface area contributed by atoms with E-state index in [1.54, 1.807) is 27.7 Å². The molecule has 1 aromatic carbocycles. The van der Waals surface area contributed by atoms with E-state index in [0.717, 1.165) is 5.56 Å². The monoisotopic (exact) mass is 389 g/mol. The van der Waals surface area contributed by atoms with E-state index in [0.29, 0.717) is 36.8 Å². The molecule has 27 heavy (non-hydrogen) atoms. The zero-order chi connectivity index (χ0) is 19.8. The second-order valence-electron chi connectivity index (χ2n) is 7.97. The van der Waals surface area contributed by atoms with Gasteiger partial charge in [-0.15, -0.1) is 0 Å². The standard InChI is InChI=1S/C20H27N3O3S/c1-20(2,3)16-7-9-17(10-8-16)27(25,26)23-14-12-22(13-15-23)19(24)18-6-5-11-21(18)4/h5-11H,12-15H2,1-4H3. The van der Waals surface area contributed by atoms with Gasteiger partial charge in [-0.25, -0.2) is 8.42 Å². The van der Waals surface area contributed by atoms with Gasteiger partial charge in [0, 0.05) is 39.4 Å². The van der Waals surface area contributed by atoms with Gasteiger partial charge in [0.25, 0.3) is 5.91 Å². The van der Waals surface area contributed by atoms with Gasteiger partial charge in [0.05, 0.1) is 4.90 Å². The summed E-state index contributed by atoms with van der Waals surface area (Å²) in [5.41, 5.74) is 1.69. The summed E-state index contributed by atoms with van der Waals surface area (Å²) >= 11 is 0. The van der Waals surface area contributed by atoms with Crippen LogP contribution in [0.5, 0.6) is 0 Å². The van der Waals surface area contributed by atoms with Gasteiger partial charge in [0.1, 0.15) is 5.69 Å². The number of aromatic nitrogens is 1. The number of hydrogen-bond acceptors (Lipinski definition) is 3. The molecule has 0 spiro atoms. The third kappa shape index (κ3) is 3.94. The Morgan fingerprint density at radius 2 is 1.56 bits per heavy atom. The number of piperazine rings is 1. The molecular weight excluding hydrogens is 362 g/mol. The quantitative estimate of drug-likeness (QED) is 0.810. The molecule has 1 aromatic heterocycles. The van der Waals surface area contributed by atoms with Crippen molar-refractivity contribution in [3.63, 3.8) is 0 Å². The van der Waals surface area contributed by atoms with Crippen molar-refractivity contribution in [1.82, 2.24) is 13.8 Å². The molecule has 2 heterocycles. The van der Waals surface area contributed by atoms with Crippen molar-refractivity contribution in [1.29, 1.82) is 0 Å². The van der Waals surface area contributed by atoms with Gasteiger partial charge >= 0.3 is 0 Å². The summed E-state index contributed by atoms with van der Waals surface area (Å²) in [5, 5.41) is 0. The lowest BCUT2D eigenvalue weighted by Gasteiger charge is -2.34. The molecule has 0 N–H and O–H groups in total. The summed E-state index contributed by atoms with van der Waals surface area (Å²) in [6.45, 7) is 7.68. The number of aryl methyl sites for hydroxylation is 1. The van der Waals surface area contributed by atoms with Gasteiger partial charge in [-0.05, 0) is 35.2 Å². The van der Waals surface area contributed by atoms with E-state index in [9.17, 15) is 13.2 Å². The number of benzene rings is 1. The first-order chi connectivity index (χ1) is 12.6. The fourth-order valence-corrected chi connectivity index (χ4v) is 4.68. The first-order valence-electron chi connectivity index (χ1n) is 9.12. The van der Waals surface area contributed by atoms with E-state index >= 15 is 0 Å². The number of carbonyl (C=O) groups is 1. The highest BCUT2D eigenvalue weighted by molar-refractivity contribution is 7.89. The van der Waals surface area contributed by atoms with Crippen molar-refractivity contribution in [3.05, 3.63) is 53.9 Å². The summed E-state index contributed by atoms with van der Waals surface area (Å²) in [5.74, 6) is -0.0610. The van der Waals surface area contributed by atoms with Gasteiger partial charge < -0.3 is 9.47 Å².